The fraction of sp³-hybridized carbons (Fsp3) is 0.417. The molecule has 3 rings (SSSR count). The molecule has 0 spiro atoms. The number of fused-ring (bicyclic) bond motifs is 3. The summed E-state index contributed by atoms with van der Waals surface area (Å²) in [6.45, 7) is 6.42. The van der Waals surface area contributed by atoms with E-state index in [1.807, 2.05) is 0 Å². The van der Waals surface area contributed by atoms with Crippen molar-refractivity contribution >= 4 is 29.4 Å². The van der Waals surface area contributed by atoms with Crippen molar-refractivity contribution in [2.45, 2.75) is 26.8 Å². The molecule has 16 heavy (non-hydrogen) atoms. The Kier molecular flexibility index (Phi) is 2.80. The monoisotopic (exact) mass is 237 g/mol. The third kappa shape index (κ3) is 1.55. The van der Waals surface area contributed by atoms with Crippen LogP contribution < -0.4 is 5.32 Å². The summed E-state index contributed by atoms with van der Waals surface area (Å²) in [5.74, 6) is 1.03. The lowest BCUT2D eigenvalue weighted by molar-refractivity contribution is 0.642. The number of anilines is 1. The molecule has 0 bridgehead atoms. The number of benzene rings is 1. The Morgan fingerprint density at radius 1 is 1.25 bits per heavy atom. The third-order valence-corrected chi connectivity index (χ3v) is 3.21. The predicted octanol–water partition coefficient (Wildman–Crippen LogP) is 2.89. The fourth-order valence-electron chi connectivity index (χ4n) is 2.18. The quantitative estimate of drug-likeness (QED) is 0.764. The van der Waals surface area contributed by atoms with Crippen LogP contribution in [0.25, 0.3) is 11.0 Å². The van der Waals surface area contributed by atoms with Gasteiger partial charge in [-0.25, -0.2) is 4.98 Å². The van der Waals surface area contributed by atoms with E-state index in [1.54, 1.807) is 0 Å². The number of halogens is 1. The maximum absolute atomic E-state index is 4.61. The molecule has 1 aromatic carbocycles. The molecule has 1 aromatic heterocycles. The number of hydrogen-bond donors (Lipinski definition) is 1. The summed E-state index contributed by atoms with van der Waals surface area (Å²) in [6.07, 6.45) is 1.19. The van der Waals surface area contributed by atoms with Crippen LogP contribution in [0.5, 0.6) is 0 Å². The molecule has 0 saturated heterocycles. The van der Waals surface area contributed by atoms with E-state index in [0.717, 1.165) is 24.6 Å². The molecule has 0 amide bonds. The molecule has 3 nitrogen and oxygen atoms in total. The summed E-state index contributed by atoms with van der Waals surface area (Å²) in [5.41, 5.74) is 5.04. The van der Waals surface area contributed by atoms with Gasteiger partial charge in [0.25, 0.3) is 0 Å². The van der Waals surface area contributed by atoms with Gasteiger partial charge < -0.3 is 9.88 Å². The van der Waals surface area contributed by atoms with Gasteiger partial charge in [-0.05, 0) is 43.5 Å². The summed E-state index contributed by atoms with van der Waals surface area (Å²) in [5, 5.41) is 3.34. The zero-order chi connectivity index (χ0) is 10.4. The smallest absolute Gasteiger partial charge is 0.203 e. The lowest BCUT2D eigenvalue weighted by Gasteiger charge is -2.15. The maximum atomic E-state index is 4.61. The van der Waals surface area contributed by atoms with E-state index in [-0.39, 0.29) is 12.4 Å². The highest BCUT2D eigenvalue weighted by atomic mass is 35.5. The van der Waals surface area contributed by atoms with Crippen LogP contribution in [0.1, 0.15) is 17.5 Å². The first kappa shape index (κ1) is 11.3. The first-order chi connectivity index (χ1) is 7.25. The minimum atomic E-state index is 0. The van der Waals surface area contributed by atoms with Crippen molar-refractivity contribution in [3.8, 4) is 0 Å². The minimum absolute atomic E-state index is 0. The SMILES string of the molecule is Cc1cc2nc3n(c2cc1C)CCCN3.Cl. The summed E-state index contributed by atoms with van der Waals surface area (Å²) in [6, 6.07) is 4.42. The van der Waals surface area contributed by atoms with Gasteiger partial charge in [-0.2, -0.15) is 0 Å². The lowest BCUT2D eigenvalue weighted by Crippen LogP contribution is -2.16. The number of imidazole rings is 1. The van der Waals surface area contributed by atoms with Gasteiger partial charge >= 0.3 is 0 Å². The van der Waals surface area contributed by atoms with Crippen molar-refractivity contribution in [2.24, 2.45) is 0 Å². The lowest BCUT2D eigenvalue weighted by atomic mass is 10.1. The van der Waals surface area contributed by atoms with Gasteiger partial charge in [0.05, 0.1) is 11.0 Å². The molecule has 1 aliphatic heterocycles. The van der Waals surface area contributed by atoms with E-state index < -0.39 is 0 Å². The Hall–Kier alpha value is -1.22. The molecule has 1 N–H and O–H groups in total. The zero-order valence-corrected chi connectivity index (χ0v) is 10.4. The van der Waals surface area contributed by atoms with Gasteiger partial charge in [-0.15, -0.1) is 12.4 Å². The highest BCUT2D eigenvalue weighted by molar-refractivity contribution is 5.85. The molecule has 0 aliphatic carbocycles. The van der Waals surface area contributed by atoms with Crippen LogP contribution in [0.3, 0.4) is 0 Å². The van der Waals surface area contributed by atoms with E-state index in [4.69, 9.17) is 0 Å². The van der Waals surface area contributed by atoms with Gasteiger partial charge in [-0.3, -0.25) is 0 Å². The van der Waals surface area contributed by atoms with Gasteiger partial charge in [0.2, 0.25) is 5.95 Å². The van der Waals surface area contributed by atoms with Crippen LogP contribution in [0.15, 0.2) is 12.1 Å². The molecule has 4 heteroatoms. The van der Waals surface area contributed by atoms with E-state index in [9.17, 15) is 0 Å². The van der Waals surface area contributed by atoms with Gasteiger partial charge in [0.1, 0.15) is 0 Å². The standard InChI is InChI=1S/C12H15N3.ClH/c1-8-6-10-11(7-9(8)2)15-5-3-4-13-12(15)14-10;/h6-7H,3-5H2,1-2H3,(H,13,14);1H. The number of hydrogen-bond acceptors (Lipinski definition) is 2. The average molecular weight is 238 g/mol. The molecule has 0 radical (unpaired) electrons. The number of nitrogens with one attached hydrogen (secondary N) is 1. The first-order valence-corrected chi connectivity index (χ1v) is 5.47. The second-order valence-corrected chi connectivity index (χ2v) is 4.29. The van der Waals surface area contributed by atoms with Crippen LogP contribution in [-0.4, -0.2) is 16.1 Å². The number of rotatable bonds is 0. The van der Waals surface area contributed by atoms with Crippen molar-refractivity contribution in [3.05, 3.63) is 23.3 Å². The number of aromatic nitrogens is 2. The zero-order valence-electron chi connectivity index (χ0n) is 9.58. The Labute approximate surface area is 101 Å². The molecule has 0 atom stereocenters. The van der Waals surface area contributed by atoms with Crippen molar-refractivity contribution in [1.82, 2.24) is 9.55 Å². The molecule has 2 aromatic rings. The molecule has 0 fully saturated rings. The van der Waals surface area contributed by atoms with Crippen molar-refractivity contribution in [3.63, 3.8) is 0 Å². The van der Waals surface area contributed by atoms with Crippen LogP contribution in [-0.2, 0) is 6.54 Å². The Balaban J connectivity index is 0.000000963. The van der Waals surface area contributed by atoms with Crippen molar-refractivity contribution in [1.29, 1.82) is 0 Å². The van der Waals surface area contributed by atoms with Crippen LogP contribution >= 0.6 is 12.4 Å². The van der Waals surface area contributed by atoms with Gasteiger partial charge in [0, 0.05) is 13.1 Å². The Bertz CT molecular complexity index is 531. The Morgan fingerprint density at radius 3 is 2.81 bits per heavy atom. The molecular formula is C12H16ClN3. The van der Waals surface area contributed by atoms with E-state index in [2.05, 4.69) is 40.8 Å². The van der Waals surface area contributed by atoms with Crippen LogP contribution in [0.4, 0.5) is 5.95 Å². The molecule has 1 aliphatic rings. The average Bonchev–Trinajstić information content (AvgIpc) is 2.57. The maximum Gasteiger partial charge on any atom is 0.203 e. The van der Waals surface area contributed by atoms with Crippen LogP contribution in [0.2, 0.25) is 0 Å². The van der Waals surface area contributed by atoms with E-state index in [0.29, 0.717) is 0 Å². The molecular weight excluding hydrogens is 222 g/mol. The second kappa shape index (κ2) is 3.98. The van der Waals surface area contributed by atoms with E-state index >= 15 is 0 Å². The molecule has 0 unspecified atom stereocenters. The highest BCUT2D eigenvalue weighted by Crippen LogP contribution is 2.25. The predicted molar refractivity (Wildman–Crippen MR) is 69.6 cm³/mol. The van der Waals surface area contributed by atoms with Gasteiger partial charge in [0.15, 0.2) is 0 Å². The van der Waals surface area contributed by atoms with Crippen molar-refractivity contribution < 1.29 is 0 Å². The normalized spacial score (nSPS) is 14.1. The molecule has 2 heterocycles. The van der Waals surface area contributed by atoms with Crippen LogP contribution in [0, 0.1) is 13.8 Å². The van der Waals surface area contributed by atoms with E-state index in [1.165, 1.54) is 23.1 Å². The molecule has 86 valence electrons. The summed E-state index contributed by atoms with van der Waals surface area (Å²) in [7, 11) is 0. The first-order valence-electron chi connectivity index (χ1n) is 5.47. The fourth-order valence-corrected chi connectivity index (χ4v) is 2.18. The largest absolute Gasteiger partial charge is 0.356 e. The topological polar surface area (TPSA) is 29.9 Å². The molecule has 0 saturated carbocycles. The summed E-state index contributed by atoms with van der Waals surface area (Å²) < 4.78 is 2.28. The minimum Gasteiger partial charge on any atom is -0.356 e. The number of nitrogens with zero attached hydrogens (tertiary/aromatic N) is 2. The number of aryl methyl sites for hydroxylation is 3. The second-order valence-electron chi connectivity index (χ2n) is 4.29. The highest BCUT2D eigenvalue weighted by Gasteiger charge is 2.14. The summed E-state index contributed by atoms with van der Waals surface area (Å²) >= 11 is 0. The Morgan fingerprint density at radius 2 is 2.00 bits per heavy atom. The summed E-state index contributed by atoms with van der Waals surface area (Å²) in [4.78, 5) is 4.61. The van der Waals surface area contributed by atoms with Gasteiger partial charge in [-0.1, -0.05) is 0 Å². The van der Waals surface area contributed by atoms with Crippen molar-refractivity contribution in [2.75, 3.05) is 11.9 Å². The third-order valence-electron chi connectivity index (χ3n) is 3.21.